The van der Waals surface area contributed by atoms with Gasteiger partial charge in [0.05, 0.1) is 11.6 Å². The van der Waals surface area contributed by atoms with Crippen LogP contribution < -0.4 is 0 Å². The summed E-state index contributed by atoms with van der Waals surface area (Å²) in [7, 11) is -4.91. The highest BCUT2D eigenvalue weighted by atomic mass is 31.2. The maximum atomic E-state index is 11.6. The van der Waals surface area contributed by atoms with Crippen LogP contribution in [0.15, 0.2) is 0 Å². The van der Waals surface area contributed by atoms with Crippen molar-refractivity contribution in [3.05, 3.63) is 0 Å². The van der Waals surface area contributed by atoms with Gasteiger partial charge in [-0.1, -0.05) is 0 Å². The first-order valence-electron chi connectivity index (χ1n) is 5.71. The Hall–Kier alpha value is -1.44. The molecular weight excluding hydrogens is 295 g/mol. The molecule has 1 atom stereocenters. The molecule has 0 aliphatic heterocycles. The summed E-state index contributed by atoms with van der Waals surface area (Å²) < 4.78 is 11.6. The van der Waals surface area contributed by atoms with Crippen molar-refractivity contribution in [2.75, 3.05) is 0 Å². The number of aliphatic carboxylic acids is 3. The van der Waals surface area contributed by atoms with Crippen molar-refractivity contribution < 1.29 is 44.1 Å². The molecule has 0 rings (SSSR count). The van der Waals surface area contributed by atoms with Crippen LogP contribution in [0.2, 0.25) is 0 Å². The van der Waals surface area contributed by atoms with Gasteiger partial charge >= 0.3 is 25.5 Å². The minimum atomic E-state index is -4.91. The molecule has 20 heavy (non-hydrogen) atoms. The van der Waals surface area contributed by atoms with Gasteiger partial charge in [-0.05, 0) is 19.3 Å². The number of hydrogen-bond acceptors (Lipinski definition) is 4. The molecular formula is C10H17O9P. The Kier molecular flexibility index (Phi) is 6.84. The van der Waals surface area contributed by atoms with Gasteiger partial charge in [0, 0.05) is 12.8 Å². The molecule has 0 heterocycles. The Bertz CT molecular complexity index is 426. The average molecular weight is 312 g/mol. The van der Waals surface area contributed by atoms with Crippen LogP contribution >= 0.6 is 7.60 Å². The summed E-state index contributed by atoms with van der Waals surface area (Å²) in [6.07, 6.45) is -2.95. The Balaban J connectivity index is 5.20. The van der Waals surface area contributed by atoms with Crippen molar-refractivity contribution >= 4 is 25.5 Å². The van der Waals surface area contributed by atoms with E-state index in [-0.39, 0.29) is 19.3 Å². The van der Waals surface area contributed by atoms with Crippen LogP contribution in [0.5, 0.6) is 0 Å². The van der Waals surface area contributed by atoms with Gasteiger partial charge in [0.25, 0.3) is 0 Å². The third-order valence-corrected chi connectivity index (χ3v) is 4.78. The van der Waals surface area contributed by atoms with E-state index in [9.17, 15) is 28.7 Å². The minimum Gasteiger partial charge on any atom is -0.481 e. The number of carboxylic acids is 3. The molecule has 116 valence electrons. The van der Waals surface area contributed by atoms with E-state index in [1.54, 1.807) is 0 Å². The number of carboxylic acid groups (broad SMARTS) is 3. The highest BCUT2D eigenvalue weighted by molar-refractivity contribution is 7.53. The van der Waals surface area contributed by atoms with E-state index in [0.29, 0.717) is 0 Å². The molecule has 0 saturated heterocycles. The van der Waals surface area contributed by atoms with Crippen molar-refractivity contribution in [1.29, 1.82) is 0 Å². The summed E-state index contributed by atoms with van der Waals surface area (Å²) in [5, 5.41) is 23.8. The van der Waals surface area contributed by atoms with Crippen LogP contribution in [-0.2, 0) is 18.9 Å². The van der Waals surface area contributed by atoms with Crippen LogP contribution in [-0.4, -0.2) is 48.2 Å². The summed E-state index contributed by atoms with van der Waals surface area (Å²) in [6.45, 7) is 0. The van der Waals surface area contributed by atoms with Crippen LogP contribution in [0.25, 0.3) is 0 Å². The molecule has 0 amide bonds. The average Bonchev–Trinajstić information content (AvgIpc) is 2.22. The highest BCUT2D eigenvalue weighted by Gasteiger charge is 2.47. The Morgan fingerprint density at radius 2 is 1.35 bits per heavy atom. The van der Waals surface area contributed by atoms with Gasteiger partial charge < -0.3 is 25.1 Å². The second-order valence-corrected chi connectivity index (χ2v) is 6.52. The van der Waals surface area contributed by atoms with Crippen LogP contribution in [0, 0.1) is 0 Å². The fraction of sp³-hybridized carbons (Fsp3) is 0.700. The van der Waals surface area contributed by atoms with Crippen molar-refractivity contribution in [2.24, 2.45) is 0 Å². The minimum absolute atomic E-state index is 0.145. The largest absolute Gasteiger partial charge is 0.481 e. The molecule has 1 unspecified atom stereocenters. The Labute approximate surface area is 114 Å². The monoisotopic (exact) mass is 312 g/mol. The molecule has 0 aliphatic carbocycles. The number of rotatable bonds is 10. The molecule has 5 N–H and O–H groups in total. The lowest BCUT2D eigenvalue weighted by atomic mass is 9.92. The predicted molar refractivity (Wildman–Crippen MR) is 65.4 cm³/mol. The smallest absolute Gasteiger partial charge is 0.332 e. The first kappa shape index (κ1) is 18.6. The summed E-state index contributed by atoms with van der Waals surface area (Å²) in [5.74, 6) is -3.97. The van der Waals surface area contributed by atoms with Crippen molar-refractivity contribution in [2.45, 2.75) is 43.7 Å². The predicted octanol–water partition coefficient (Wildman–Crippen LogP) is 0.497. The molecule has 10 heteroatoms. The van der Waals surface area contributed by atoms with E-state index in [0.717, 1.165) is 0 Å². The molecule has 0 aromatic carbocycles. The lowest BCUT2D eigenvalue weighted by molar-refractivity contribution is -0.140. The molecule has 0 radical (unpaired) electrons. The topological polar surface area (TPSA) is 169 Å². The lowest BCUT2D eigenvalue weighted by Gasteiger charge is -2.32. The van der Waals surface area contributed by atoms with Crippen molar-refractivity contribution in [3.8, 4) is 0 Å². The molecule has 9 nitrogen and oxygen atoms in total. The highest BCUT2D eigenvalue weighted by Crippen LogP contribution is 2.57. The van der Waals surface area contributed by atoms with E-state index in [2.05, 4.69) is 0 Å². The second-order valence-electron chi connectivity index (χ2n) is 4.48. The maximum absolute atomic E-state index is 11.6. The fourth-order valence-corrected chi connectivity index (χ4v) is 3.08. The van der Waals surface area contributed by atoms with Crippen molar-refractivity contribution in [3.63, 3.8) is 0 Å². The van der Waals surface area contributed by atoms with Crippen LogP contribution in [0.1, 0.15) is 38.5 Å². The molecule has 0 aromatic heterocycles. The third kappa shape index (κ3) is 6.14. The second kappa shape index (κ2) is 7.37. The zero-order valence-electron chi connectivity index (χ0n) is 10.6. The summed E-state index contributed by atoms with van der Waals surface area (Å²) in [6, 6.07) is 0. The van der Waals surface area contributed by atoms with Crippen LogP contribution in [0.3, 0.4) is 0 Å². The number of carbonyl (C=O) groups is 3. The zero-order chi connectivity index (χ0) is 16.0. The standard InChI is InChI=1S/C10H17O9P/c11-7(12)2-1-4-10(6-9(15)16,20(17,18)19)5-3-8(13)14/h1-6H2,(H,11,12)(H,13,14)(H,15,16)(H2,17,18,19). The first-order chi connectivity index (χ1) is 9.00. The Morgan fingerprint density at radius 3 is 1.70 bits per heavy atom. The van der Waals surface area contributed by atoms with Gasteiger partial charge in [0.1, 0.15) is 0 Å². The Morgan fingerprint density at radius 1 is 0.850 bits per heavy atom. The number of hydrogen-bond donors (Lipinski definition) is 5. The molecule has 0 aliphatic rings. The molecule has 0 fully saturated rings. The quantitative estimate of drug-likeness (QED) is 0.360. The van der Waals surface area contributed by atoms with Gasteiger partial charge in [0.15, 0.2) is 0 Å². The fourth-order valence-electron chi connectivity index (χ4n) is 1.89. The van der Waals surface area contributed by atoms with E-state index in [1.807, 2.05) is 0 Å². The molecule has 0 aromatic rings. The van der Waals surface area contributed by atoms with Gasteiger partial charge in [-0.3, -0.25) is 18.9 Å². The molecule has 0 spiro atoms. The normalized spacial score (nSPS) is 14.5. The molecule has 0 saturated carbocycles. The van der Waals surface area contributed by atoms with Gasteiger partial charge in [-0.15, -0.1) is 0 Å². The van der Waals surface area contributed by atoms with Gasteiger partial charge in [-0.25, -0.2) is 0 Å². The summed E-state index contributed by atoms with van der Waals surface area (Å²) in [5.41, 5.74) is 0. The van der Waals surface area contributed by atoms with Crippen molar-refractivity contribution in [1.82, 2.24) is 0 Å². The van der Waals surface area contributed by atoms with E-state index >= 15 is 0 Å². The van der Waals surface area contributed by atoms with Crippen LogP contribution in [0.4, 0.5) is 0 Å². The lowest BCUT2D eigenvalue weighted by Crippen LogP contribution is -2.33. The first-order valence-corrected chi connectivity index (χ1v) is 7.32. The van der Waals surface area contributed by atoms with E-state index < -0.39 is 49.9 Å². The third-order valence-electron chi connectivity index (χ3n) is 2.94. The zero-order valence-corrected chi connectivity index (χ0v) is 11.5. The maximum Gasteiger partial charge on any atom is 0.332 e. The van der Waals surface area contributed by atoms with Gasteiger partial charge in [-0.2, -0.15) is 0 Å². The summed E-state index contributed by atoms with van der Waals surface area (Å²) in [4.78, 5) is 50.5. The van der Waals surface area contributed by atoms with E-state index in [1.165, 1.54) is 0 Å². The van der Waals surface area contributed by atoms with E-state index in [4.69, 9.17) is 15.3 Å². The molecule has 0 bridgehead atoms. The summed E-state index contributed by atoms with van der Waals surface area (Å²) >= 11 is 0. The SMILES string of the molecule is O=C(O)CCCC(CCC(=O)O)(CC(=O)O)P(=O)(O)O. The van der Waals surface area contributed by atoms with Gasteiger partial charge in [0.2, 0.25) is 0 Å².